The maximum absolute atomic E-state index is 6.08. The summed E-state index contributed by atoms with van der Waals surface area (Å²) in [5.74, 6) is 0. The van der Waals surface area contributed by atoms with Crippen molar-refractivity contribution in [1.82, 2.24) is 9.99 Å². The summed E-state index contributed by atoms with van der Waals surface area (Å²) >= 11 is 6.08. The second kappa shape index (κ2) is 5.02. The number of halogens is 1. The molecule has 0 atom stereocenters. The van der Waals surface area contributed by atoms with Gasteiger partial charge in [-0.1, -0.05) is 23.7 Å². The van der Waals surface area contributed by atoms with Crippen LogP contribution in [0.15, 0.2) is 47.7 Å². The number of hydrazone groups is 1. The molecule has 2 heterocycles. The number of nitrogens with zero attached hydrogens (tertiary/aromatic N) is 3. The standard InChI is InChI=1S/C15H14ClN3/c1-2-19-10-14-13(7-4-8-17-14)15(18-19)11-5-3-6-12(16)9-11/h3-9H,2,10H2,1H3. The van der Waals surface area contributed by atoms with Gasteiger partial charge >= 0.3 is 0 Å². The second-order valence-electron chi connectivity index (χ2n) is 4.44. The molecule has 3 rings (SSSR count). The largest absolute Gasteiger partial charge is 0.291 e. The lowest BCUT2D eigenvalue weighted by atomic mass is 10.00. The summed E-state index contributed by atoms with van der Waals surface area (Å²) in [6, 6.07) is 11.8. The number of hydrogen-bond acceptors (Lipinski definition) is 3. The van der Waals surface area contributed by atoms with Gasteiger partial charge in [0.1, 0.15) is 0 Å². The molecule has 0 spiro atoms. The van der Waals surface area contributed by atoms with E-state index in [2.05, 4.69) is 18.0 Å². The van der Waals surface area contributed by atoms with Crippen LogP contribution in [-0.2, 0) is 6.54 Å². The van der Waals surface area contributed by atoms with Crippen molar-refractivity contribution in [2.75, 3.05) is 6.54 Å². The molecule has 0 amide bonds. The fourth-order valence-corrected chi connectivity index (χ4v) is 2.40. The molecule has 0 saturated heterocycles. The summed E-state index contributed by atoms with van der Waals surface area (Å²) in [5.41, 5.74) is 4.13. The first kappa shape index (κ1) is 12.2. The summed E-state index contributed by atoms with van der Waals surface area (Å²) < 4.78 is 0. The predicted octanol–water partition coefficient (Wildman–Crippen LogP) is 3.32. The molecule has 1 aromatic carbocycles. The zero-order chi connectivity index (χ0) is 13.2. The number of aromatic nitrogens is 1. The first-order valence-corrected chi connectivity index (χ1v) is 6.69. The Kier molecular flexibility index (Phi) is 3.22. The van der Waals surface area contributed by atoms with E-state index in [1.807, 2.05) is 41.5 Å². The molecule has 1 aliphatic heterocycles. The molecule has 0 radical (unpaired) electrons. The third kappa shape index (κ3) is 2.34. The minimum absolute atomic E-state index is 0.722. The van der Waals surface area contributed by atoms with Gasteiger partial charge in [0.2, 0.25) is 0 Å². The first-order valence-electron chi connectivity index (χ1n) is 6.31. The lowest BCUT2D eigenvalue weighted by Gasteiger charge is -2.25. The van der Waals surface area contributed by atoms with E-state index in [0.29, 0.717) is 0 Å². The van der Waals surface area contributed by atoms with Crippen LogP contribution in [0.25, 0.3) is 0 Å². The molecular formula is C15H14ClN3. The van der Waals surface area contributed by atoms with Gasteiger partial charge in [-0.2, -0.15) is 5.10 Å². The highest BCUT2D eigenvalue weighted by Crippen LogP contribution is 2.22. The Hall–Kier alpha value is -1.87. The third-order valence-corrected chi connectivity index (χ3v) is 3.42. The third-order valence-electron chi connectivity index (χ3n) is 3.18. The lowest BCUT2D eigenvalue weighted by Crippen LogP contribution is -2.27. The van der Waals surface area contributed by atoms with E-state index in [1.165, 1.54) is 0 Å². The highest BCUT2D eigenvalue weighted by Gasteiger charge is 2.20. The van der Waals surface area contributed by atoms with Crippen molar-refractivity contribution < 1.29 is 0 Å². The Morgan fingerprint density at radius 2 is 2.16 bits per heavy atom. The van der Waals surface area contributed by atoms with Gasteiger partial charge in [-0.3, -0.25) is 9.99 Å². The van der Waals surface area contributed by atoms with Crippen molar-refractivity contribution in [2.45, 2.75) is 13.5 Å². The first-order chi connectivity index (χ1) is 9.28. The molecular weight excluding hydrogens is 258 g/mol. The zero-order valence-corrected chi connectivity index (χ0v) is 11.4. The van der Waals surface area contributed by atoms with Crippen LogP contribution in [0.3, 0.4) is 0 Å². The normalized spacial score (nSPS) is 14.0. The van der Waals surface area contributed by atoms with Crippen molar-refractivity contribution in [3.8, 4) is 0 Å². The Morgan fingerprint density at radius 1 is 1.26 bits per heavy atom. The average molecular weight is 272 g/mol. The van der Waals surface area contributed by atoms with Crippen LogP contribution in [0, 0.1) is 0 Å². The van der Waals surface area contributed by atoms with Crippen molar-refractivity contribution in [3.05, 3.63) is 64.4 Å². The Bertz CT molecular complexity index is 637. The molecule has 0 N–H and O–H groups in total. The van der Waals surface area contributed by atoms with Crippen LogP contribution in [0.4, 0.5) is 0 Å². The molecule has 1 aromatic heterocycles. The lowest BCUT2D eigenvalue weighted by molar-refractivity contribution is 0.287. The SMILES string of the molecule is CCN1Cc2ncccc2C(c2cccc(Cl)c2)=N1. The van der Waals surface area contributed by atoms with Crippen LogP contribution in [0.5, 0.6) is 0 Å². The molecule has 19 heavy (non-hydrogen) atoms. The summed E-state index contributed by atoms with van der Waals surface area (Å²) in [6.45, 7) is 3.71. The topological polar surface area (TPSA) is 28.5 Å². The van der Waals surface area contributed by atoms with Crippen molar-refractivity contribution >= 4 is 17.3 Å². The van der Waals surface area contributed by atoms with Gasteiger partial charge in [0.25, 0.3) is 0 Å². The Balaban J connectivity index is 2.14. The van der Waals surface area contributed by atoms with Crippen LogP contribution in [0.2, 0.25) is 5.02 Å². The molecule has 4 heteroatoms. The van der Waals surface area contributed by atoms with E-state index in [-0.39, 0.29) is 0 Å². The number of pyridine rings is 1. The quantitative estimate of drug-likeness (QED) is 0.838. The highest BCUT2D eigenvalue weighted by molar-refractivity contribution is 6.31. The molecule has 0 aliphatic carbocycles. The number of fused-ring (bicyclic) bond motifs is 1. The van der Waals surface area contributed by atoms with Gasteiger partial charge in [-0.05, 0) is 31.2 Å². The van der Waals surface area contributed by atoms with Crippen LogP contribution < -0.4 is 0 Å². The van der Waals surface area contributed by atoms with Crippen molar-refractivity contribution in [2.24, 2.45) is 5.10 Å². The van der Waals surface area contributed by atoms with Gasteiger partial charge in [-0.25, -0.2) is 0 Å². The molecule has 2 aromatic rings. The molecule has 0 saturated carbocycles. The van der Waals surface area contributed by atoms with E-state index in [9.17, 15) is 0 Å². The van der Waals surface area contributed by atoms with Gasteiger partial charge in [0.05, 0.1) is 18.0 Å². The van der Waals surface area contributed by atoms with E-state index in [1.54, 1.807) is 0 Å². The van der Waals surface area contributed by atoms with Crippen LogP contribution in [-0.4, -0.2) is 22.2 Å². The maximum atomic E-state index is 6.08. The summed E-state index contributed by atoms with van der Waals surface area (Å²) in [6.07, 6.45) is 1.83. The summed E-state index contributed by atoms with van der Waals surface area (Å²) in [5, 5.41) is 7.45. The fourth-order valence-electron chi connectivity index (χ4n) is 2.21. The second-order valence-corrected chi connectivity index (χ2v) is 4.87. The summed E-state index contributed by atoms with van der Waals surface area (Å²) in [4.78, 5) is 4.46. The van der Waals surface area contributed by atoms with E-state index >= 15 is 0 Å². The Morgan fingerprint density at radius 3 is 2.95 bits per heavy atom. The molecule has 96 valence electrons. The highest BCUT2D eigenvalue weighted by atomic mass is 35.5. The minimum Gasteiger partial charge on any atom is -0.291 e. The van der Waals surface area contributed by atoms with E-state index in [4.69, 9.17) is 16.7 Å². The van der Waals surface area contributed by atoms with Crippen molar-refractivity contribution in [1.29, 1.82) is 0 Å². The predicted molar refractivity (Wildman–Crippen MR) is 77.4 cm³/mol. The van der Waals surface area contributed by atoms with Crippen molar-refractivity contribution in [3.63, 3.8) is 0 Å². The molecule has 0 fully saturated rings. The van der Waals surface area contributed by atoms with Gasteiger partial charge < -0.3 is 0 Å². The van der Waals surface area contributed by atoms with E-state index < -0.39 is 0 Å². The average Bonchev–Trinajstić information content (AvgIpc) is 2.46. The number of rotatable bonds is 2. The fraction of sp³-hybridized carbons (Fsp3) is 0.200. The smallest absolute Gasteiger partial charge is 0.0995 e. The van der Waals surface area contributed by atoms with Gasteiger partial charge in [0.15, 0.2) is 0 Å². The van der Waals surface area contributed by atoms with Gasteiger partial charge in [0, 0.05) is 28.9 Å². The van der Waals surface area contributed by atoms with Crippen LogP contribution in [0.1, 0.15) is 23.7 Å². The molecule has 0 bridgehead atoms. The molecule has 1 aliphatic rings. The number of benzene rings is 1. The molecule has 0 unspecified atom stereocenters. The Labute approximate surface area is 117 Å². The van der Waals surface area contributed by atoms with E-state index in [0.717, 1.165) is 40.6 Å². The summed E-state index contributed by atoms with van der Waals surface area (Å²) in [7, 11) is 0. The van der Waals surface area contributed by atoms with Gasteiger partial charge in [-0.15, -0.1) is 0 Å². The maximum Gasteiger partial charge on any atom is 0.0995 e. The van der Waals surface area contributed by atoms with Crippen LogP contribution >= 0.6 is 11.6 Å². The minimum atomic E-state index is 0.722. The monoisotopic (exact) mass is 271 g/mol. The number of hydrogen-bond donors (Lipinski definition) is 0. The molecule has 3 nitrogen and oxygen atoms in total. The zero-order valence-electron chi connectivity index (χ0n) is 10.7.